The Bertz CT molecular complexity index is 597. The van der Waals surface area contributed by atoms with E-state index in [4.69, 9.17) is 4.74 Å². The Morgan fingerprint density at radius 1 is 1.35 bits per heavy atom. The summed E-state index contributed by atoms with van der Waals surface area (Å²) in [7, 11) is 0. The molecule has 0 radical (unpaired) electrons. The number of nitrogens with one attached hydrogen (secondary N) is 2. The lowest BCUT2D eigenvalue weighted by atomic mass is 9.87. The van der Waals surface area contributed by atoms with Crippen molar-refractivity contribution >= 4 is 29.2 Å². The number of carbonyl (C=O) groups is 3. The lowest BCUT2D eigenvalue weighted by Gasteiger charge is -2.19. The number of hydrogen-bond acceptors (Lipinski definition) is 5. The molecule has 0 saturated heterocycles. The first kappa shape index (κ1) is 17.5. The van der Waals surface area contributed by atoms with Crippen molar-refractivity contribution in [1.82, 2.24) is 10.6 Å². The Labute approximate surface area is 139 Å². The van der Waals surface area contributed by atoms with Crippen LogP contribution in [0.2, 0.25) is 0 Å². The lowest BCUT2D eigenvalue weighted by molar-refractivity contribution is -0.123. The second kappa shape index (κ2) is 8.10. The van der Waals surface area contributed by atoms with E-state index in [1.165, 1.54) is 21.8 Å². The lowest BCUT2D eigenvalue weighted by Crippen LogP contribution is -2.41. The Balaban J connectivity index is 1.86. The molecule has 0 saturated carbocycles. The monoisotopic (exact) mass is 338 g/mol. The van der Waals surface area contributed by atoms with E-state index in [0.717, 1.165) is 25.7 Å². The third-order valence-electron chi connectivity index (χ3n) is 3.89. The summed E-state index contributed by atoms with van der Waals surface area (Å²) in [6.45, 7) is 3.88. The maximum absolute atomic E-state index is 12.0. The van der Waals surface area contributed by atoms with Crippen LogP contribution in [-0.4, -0.2) is 31.1 Å². The average Bonchev–Trinajstić information content (AvgIpc) is 2.95. The molecule has 0 spiro atoms. The van der Waals surface area contributed by atoms with Crippen LogP contribution in [0.4, 0.5) is 4.79 Å². The molecule has 126 valence electrons. The van der Waals surface area contributed by atoms with Gasteiger partial charge in [-0.25, -0.2) is 9.59 Å². The van der Waals surface area contributed by atoms with Gasteiger partial charge >= 0.3 is 12.0 Å². The highest BCUT2D eigenvalue weighted by molar-refractivity contribution is 7.14. The van der Waals surface area contributed by atoms with Crippen LogP contribution in [0, 0.1) is 5.92 Å². The van der Waals surface area contributed by atoms with Gasteiger partial charge in [-0.15, -0.1) is 11.3 Å². The van der Waals surface area contributed by atoms with Crippen molar-refractivity contribution in [2.24, 2.45) is 5.92 Å². The summed E-state index contributed by atoms with van der Waals surface area (Å²) in [4.78, 5) is 36.5. The second-order valence-electron chi connectivity index (χ2n) is 5.56. The molecule has 3 amide bonds. The number of fused-ring (bicyclic) bond motifs is 1. The first-order valence-electron chi connectivity index (χ1n) is 7.89. The molecule has 1 aromatic heterocycles. The van der Waals surface area contributed by atoms with Gasteiger partial charge in [-0.1, -0.05) is 13.3 Å². The molecule has 1 aromatic rings. The third kappa shape index (κ3) is 4.79. The van der Waals surface area contributed by atoms with E-state index in [1.807, 2.05) is 6.07 Å². The summed E-state index contributed by atoms with van der Waals surface area (Å²) in [6, 6.07) is 1.29. The van der Waals surface area contributed by atoms with Gasteiger partial charge in [0.15, 0.2) is 6.61 Å². The smallest absolute Gasteiger partial charge is 0.348 e. The Kier molecular flexibility index (Phi) is 6.15. The molecule has 23 heavy (non-hydrogen) atoms. The van der Waals surface area contributed by atoms with Crippen LogP contribution in [-0.2, 0) is 22.4 Å². The SMILES string of the molecule is CCNC(=O)NC(=O)COC(=O)c1cc2c(s1)CC[C@H](CC)C2. The van der Waals surface area contributed by atoms with Gasteiger partial charge in [0.05, 0.1) is 0 Å². The fourth-order valence-corrected chi connectivity index (χ4v) is 3.72. The molecule has 0 aromatic carbocycles. The van der Waals surface area contributed by atoms with E-state index in [2.05, 4.69) is 17.6 Å². The number of ether oxygens (including phenoxy) is 1. The zero-order valence-electron chi connectivity index (χ0n) is 13.4. The number of hydrogen-bond donors (Lipinski definition) is 2. The van der Waals surface area contributed by atoms with Gasteiger partial charge in [0.2, 0.25) is 0 Å². The number of thiophene rings is 1. The number of carbonyl (C=O) groups excluding carboxylic acids is 3. The number of urea groups is 1. The normalized spacial score (nSPS) is 16.3. The molecule has 2 rings (SSSR count). The van der Waals surface area contributed by atoms with E-state index >= 15 is 0 Å². The summed E-state index contributed by atoms with van der Waals surface area (Å²) in [5, 5.41) is 4.52. The van der Waals surface area contributed by atoms with Crippen molar-refractivity contribution in [3.63, 3.8) is 0 Å². The van der Waals surface area contributed by atoms with Crippen molar-refractivity contribution in [1.29, 1.82) is 0 Å². The zero-order chi connectivity index (χ0) is 16.8. The molecule has 1 heterocycles. The largest absolute Gasteiger partial charge is 0.451 e. The van der Waals surface area contributed by atoms with Crippen molar-refractivity contribution in [2.75, 3.05) is 13.2 Å². The first-order valence-corrected chi connectivity index (χ1v) is 8.71. The molecule has 1 aliphatic carbocycles. The number of rotatable bonds is 5. The van der Waals surface area contributed by atoms with Gasteiger partial charge in [0.25, 0.3) is 5.91 Å². The van der Waals surface area contributed by atoms with Gasteiger partial charge < -0.3 is 10.1 Å². The van der Waals surface area contributed by atoms with Crippen molar-refractivity contribution in [3.8, 4) is 0 Å². The van der Waals surface area contributed by atoms with Crippen LogP contribution in [0.3, 0.4) is 0 Å². The second-order valence-corrected chi connectivity index (χ2v) is 6.70. The minimum atomic E-state index is -0.642. The maximum atomic E-state index is 12.0. The van der Waals surface area contributed by atoms with Gasteiger partial charge in [0, 0.05) is 11.4 Å². The summed E-state index contributed by atoms with van der Waals surface area (Å²) < 4.78 is 4.98. The first-order chi connectivity index (χ1) is 11.0. The highest BCUT2D eigenvalue weighted by Gasteiger charge is 2.23. The minimum Gasteiger partial charge on any atom is -0.451 e. The molecule has 1 atom stereocenters. The van der Waals surface area contributed by atoms with E-state index < -0.39 is 24.5 Å². The molecule has 2 N–H and O–H groups in total. The van der Waals surface area contributed by atoms with Crippen molar-refractivity contribution < 1.29 is 19.1 Å². The maximum Gasteiger partial charge on any atom is 0.348 e. The van der Waals surface area contributed by atoms with Crippen LogP contribution in [0.25, 0.3) is 0 Å². The van der Waals surface area contributed by atoms with Gasteiger partial charge in [-0.3, -0.25) is 10.1 Å². The molecule has 0 bridgehead atoms. The van der Waals surface area contributed by atoms with Crippen molar-refractivity contribution in [2.45, 2.75) is 39.5 Å². The van der Waals surface area contributed by atoms with E-state index in [0.29, 0.717) is 17.3 Å². The van der Waals surface area contributed by atoms with Crippen LogP contribution in [0.5, 0.6) is 0 Å². The fraction of sp³-hybridized carbons (Fsp3) is 0.562. The average molecular weight is 338 g/mol. The van der Waals surface area contributed by atoms with E-state index in [1.54, 1.807) is 6.92 Å². The molecule has 0 unspecified atom stereocenters. The third-order valence-corrected chi connectivity index (χ3v) is 5.11. The highest BCUT2D eigenvalue weighted by atomic mass is 32.1. The standard InChI is InChI=1S/C16H22N2O4S/c1-3-10-5-6-12-11(7-10)8-13(23-12)15(20)22-9-14(19)18-16(21)17-4-2/h8,10H,3-7,9H2,1-2H3,(H2,17,18,19,21)/t10-/m0/s1. The molecule has 1 aliphatic rings. The van der Waals surface area contributed by atoms with Crippen LogP contribution in [0.15, 0.2) is 6.07 Å². The Morgan fingerprint density at radius 2 is 2.13 bits per heavy atom. The Morgan fingerprint density at radius 3 is 2.83 bits per heavy atom. The van der Waals surface area contributed by atoms with Gasteiger partial charge in [0.1, 0.15) is 4.88 Å². The minimum absolute atomic E-state index is 0.415. The predicted molar refractivity (Wildman–Crippen MR) is 87.6 cm³/mol. The topological polar surface area (TPSA) is 84.5 Å². The fourth-order valence-electron chi connectivity index (χ4n) is 2.62. The van der Waals surface area contributed by atoms with Gasteiger partial charge in [-0.2, -0.15) is 0 Å². The van der Waals surface area contributed by atoms with E-state index in [-0.39, 0.29) is 0 Å². The molecule has 7 heteroatoms. The summed E-state index contributed by atoms with van der Waals surface area (Å²) >= 11 is 1.44. The predicted octanol–water partition coefficient (Wildman–Crippen LogP) is 2.27. The van der Waals surface area contributed by atoms with Gasteiger partial charge in [-0.05, 0) is 43.7 Å². The molecule has 6 nitrogen and oxygen atoms in total. The summed E-state index contributed by atoms with van der Waals surface area (Å²) in [5.74, 6) is -0.469. The zero-order valence-corrected chi connectivity index (χ0v) is 14.3. The number of esters is 1. The molecular weight excluding hydrogens is 316 g/mol. The number of imide groups is 1. The summed E-state index contributed by atoms with van der Waals surface area (Å²) in [6.07, 6.45) is 4.32. The number of aryl methyl sites for hydroxylation is 1. The Hall–Kier alpha value is -1.89. The summed E-state index contributed by atoms with van der Waals surface area (Å²) in [5.41, 5.74) is 1.23. The molecule has 0 aliphatic heterocycles. The van der Waals surface area contributed by atoms with Crippen LogP contribution >= 0.6 is 11.3 Å². The van der Waals surface area contributed by atoms with E-state index in [9.17, 15) is 14.4 Å². The van der Waals surface area contributed by atoms with Crippen LogP contribution in [0.1, 0.15) is 46.8 Å². The highest BCUT2D eigenvalue weighted by Crippen LogP contribution is 2.33. The molecular formula is C16H22N2O4S. The number of amides is 3. The quantitative estimate of drug-likeness (QED) is 0.807. The van der Waals surface area contributed by atoms with Crippen molar-refractivity contribution in [3.05, 3.63) is 21.4 Å². The molecule has 0 fully saturated rings. The van der Waals surface area contributed by atoms with Crippen LogP contribution < -0.4 is 10.6 Å².